The van der Waals surface area contributed by atoms with Gasteiger partial charge in [0.05, 0.1) is 6.61 Å². The number of hydrogen-bond acceptors (Lipinski definition) is 4. The van der Waals surface area contributed by atoms with Crippen molar-refractivity contribution < 1.29 is 23.1 Å². The van der Waals surface area contributed by atoms with E-state index < -0.39 is 17.8 Å². The van der Waals surface area contributed by atoms with Gasteiger partial charge in [0.1, 0.15) is 0 Å². The van der Waals surface area contributed by atoms with Crippen LogP contribution in [0.4, 0.5) is 8.78 Å². The highest BCUT2D eigenvalue weighted by molar-refractivity contribution is 6.04. The van der Waals surface area contributed by atoms with Crippen LogP contribution in [0, 0.1) is 0 Å². The first-order chi connectivity index (χ1) is 8.48. The number of pyridine rings is 1. The largest absolute Gasteiger partial charge is 0.461 e. The van der Waals surface area contributed by atoms with Crippen molar-refractivity contribution in [2.24, 2.45) is 0 Å². The average molecular weight is 258 g/mol. The Kier molecular flexibility index (Phi) is 4.70. The zero-order valence-electron chi connectivity index (χ0n) is 9.65. The molecule has 0 atom stereocenters. The fourth-order valence-electron chi connectivity index (χ4n) is 1.11. The Morgan fingerprint density at radius 1 is 1.50 bits per heavy atom. The maximum atomic E-state index is 13.2. The van der Waals surface area contributed by atoms with Crippen LogP contribution >= 0.6 is 0 Å². The first-order valence-corrected chi connectivity index (χ1v) is 5.20. The molecule has 0 radical (unpaired) electrons. The molecule has 18 heavy (non-hydrogen) atoms. The number of rotatable bonds is 5. The summed E-state index contributed by atoms with van der Waals surface area (Å²) in [5.74, 6) is -7.73. The molecule has 0 fully saturated rings. The molecule has 5 nitrogen and oxygen atoms in total. The van der Waals surface area contributed by atoms with E-state index in [1.165, 1.54) is 19.3 Å². The average Bonchev–Trinajstić information content (AvgIpc) is 2.37. The van der Waals surface area contributed by atoms with Gasteiger partial charge in [0, 0.05) is 18.9 Å². The van der Waals surface area contributed by atoms with Crippen LogP contribution in [0.1, 0.15) is 12.5 Å². The second-order valence-electron chi connectivity index (χ2n) is 3.34. The van der Waals surface area contributed by atoms with Crippen molar-refractivity contribution in [1.29, 1.82) is 0 Å². The minimum atomic E-state index is -4.18. The van der Waals surface area contributed by atoms with Gasteiger partial charge in [-0.1, -0.05) is 6.07 Å². The van der Waals surface area contributed by atoms with Crippen LogP contribution in [0.3, 0.4) is 0 Å². The fourth-order valence-corrected chi connectivity index (χ4v) is 1.11. The van der Waals surface area contributed by atoms with Crippen molar-refractivity contribution >= 4 is 11.9 Å². The number of nitrogens with one attached hydrogen (secondary N) is 1. The third-order valence-corrected chi connectivity index (χ3v) is 1.99. The van der Waals surface area contributed by atoms with Gasteiger partial charge in [0.2, 0.25) is 0 Å². The fraction of sp³-hybridized carbons (Fsp3) is 0.364. The molecule has 0 saturated carbocycles. The third-order valence-electron chi connectivity index (χ3n) is 1.99. The van der Waals surface area contributed by atoms with E-state index in [9.17, 15) is 18.4 Å². The molecule has 0 aromatic carbocycles. The minimum absolute atomic E-state index is 0.137. The lowest BCUT2D eigenvalue weighted by molar-refractivity contribution is -0.177. The van der Waals surface area contributed by atoms with Crippen molar-refractivity contribution in [2.45, 2.75) is 19.4 Å². The van der Waals surface area contributed by atoms with Crippen LogP contribution in [0.25, 0.3) is 0 Å². The van der Waals surface area contributed by atoms with E-state index in [0.29, 0.717) is 5.56 Å². The smallest absolute Gasteiger partial charge is 0.418 e. The molecule has 0 aliphatic carbocycles. The molecular formula is C11H12F2N2O3. The molecule has 0 aliphatic rings. The number of nitrogens with zero attached hydrogens (tertiary/aromatic N) is 1. The van der Waals surface area contributed by atoms with E-state index in [-0.39, 0.29) is 13.2 Å². The molecule has 0 spiro atoms. The Hall–Kier alpha value is -2.05. The number of halogens is 2. The quantitative estimate of drug-likeness (QED) is 0.629. The Morgan fingerprint density at radius 3 is 2.78 bits per heavy atom. The Balaban J connectivity index is 2.57. The van der Waals surface area contributed by atoms with E-state index in [0.717, 1.165) is 0 Å². The normalized spacial score (nSPS) is 10.8. The predicted octanol–water partition coefficient (Wildman–Crippen LogP) is 0.896. The highest BCUT2D eigenvalue weighted by atomic mass is 19.3. The van der Waals surface area contributed by atoms with E-state index in [1.54, 1.807) is 12.1 Å². The van der Waals surface area contributed by atoms with Crippen LogP contribution in [-0.2, 0) is 20.9 Å². The van der Waals surface area contributed by atoms with E-state index in [2.05, 4.69) is 9.72 Å². The van der Waals surface area contributed by atoms with E-state index in [4.69, 9.17) is 0 Å². The Labute approximate surface area is 102 Å². The molecule has 1 heterocycles. The molecule has 0 bridgehead atoms. The molecule has 7 heteroatoms. The van der Waals surface area contributed by atoms with Crippen LogP contribution in [0.2, 0.25) is 0 Å². The lowest BCUT2D eigenvalue weighted by Gasteiger charge is -2.14. The highest BCUT2D eigenvalue weighted by Crippen LogP contribution is 2.16. The molecule has 1 rings (SSSR count). The van der Waals surface area contributed by atoms with Crippen molar-refractivity contribution in [1.82, 2.24) is 10.3 Å². The molecule has 1 aromatic heterocycles. The highest BCUT2D eigenvalue weighted by Gasteiger charge is 2.48. The maximum absolute atomic E-state index is 13.2. The monoisotopic (exact) mass is 258 g/mol. The predicted molar refractivity (Wildman–Crippen MR) is 57.7 cm³/mol. The van der Waals surface area contributed by atoms with Crippen molar-refractivity contribution in [3.8, 4) is 0 Å². The van der Waals surface area contributed by atoms with Crippen molar-refractivity contribution in [3.05, 3.63) is 30.1 Å². The number of carbonyl (C=O) groups is 2. The number of ether oxygens (including phenoxy) is 1. The topological polar surface area (TPSA) is 68.3 Å². The van der Waals surface area contributed by atoms with Crippen molar-refractivity contribution in [3.63, 3.8) is 0 Å². The molecule has 1 amide bonds. The summed E-state index contributed by atoms with van der Waals surface area (Å²) in [5.41, 5.74) is 0.547. The lowest BCUT2D eigenvalue weighted by Crippen LogP contribution is -2.46. The number of hydrogen-bond donors (Lipinski definition) is 1. The van der Waals surface area contributed by atoms with Crippen LogP contribution in [-0.4, -0.2) is 29.4 Å². The third kappa shape index (κ3) is 3.47. The van der Waals surface area contributed by atoms with Gasteiger partial charge in [-0.05, 0) is 18.6 Å². The summed E-state index contributed by atoms with van der Waals surface area (Å²) < 4.78 is 30.5. The molecule has 98 valence electrons. The van der Waals surface area contributed by atoms with Gasteiger partial charge in [-0.25, -0.2) is 4.79 Å². The summed E-state index contributed by atoms with van der Waals surface area (Å²) in [5, 5.41) is 1.95. The molecule has 0 saturated heterocycles. The first-order valence-electron chi connectivity index (χ1n) is 5.20. The summed E-state index contributed by atoms with van der Waals surface area (Å²) in [6.07, 6.45) is 2.93. The van der Waals surface area contributed by atoms with Crippen LogP contribution in [0.15, 0.2) is 24.5 Å². The van der Waals surface area contributed by atoms with Gasteiger partial charge in [-0.2, -0.15) is 8.78 Å². The second-order valence-corrected chi connectivity index (χ2v) is 3.34. The second kappa shape index (κ2) is 6.04. The summed E-state index contributed by atoms with van der Waals surface area (Å²) in [4.78, 5) is 25.8. The van der Waals surface area contributed by atoms with E-state index >= 15 is 0 Å². The Bertz CT molecular complexity index is 424. The van der Waals surface area contributed by atoms with Gasteiger partial charge >= 0.3 is 17.8 Å². The zero-order chi connectivity index (χ0) is 13.6. The van der Waals surface area contributed by atoms with Gasteiger partial charge in [-0.3, -0.25) is 9.78 Å². The summed E-state index contributed by atoms with van der Waals surface area (Å²) in [6.45, 7) is 1.02. The van der Waals surface area contributed by atoms with Gasteiger partial charge in [0.15, 0.2) is 0 Å². The summed E-state index contributed by atoms with van der Waals surface area (Å²) >= 11 is 0. The number of alkyl halides is 2. The van der Waals surface area contributed by atoms with E-state index in [1.807, 2.05) is 5.32 Å². The number of aromatic nitrogens is 1. The molecule has 0 aliphatic heterocycles. The van der Waals surface area contributed by atoms with Gasteiger partial charge in [0.25, 0.3) is 0 Å². The number of amides is 1. The molecule has 1 N–H and O–H groups in total. The Morgan fingerprint density at radius 2 is 2.22 bits per heavy atom. The lowest BCUT2D eigenvalue weighted by atomic mass is 10.2. The van der Waals surface area contributed by atoms with Gasteiger partial charge < -0.3 is 10.1 Å². The zero-order valence-corrected chi connectivity index (χ0v) is 9.65. The van der Waals surface area contributed by atoms with Crippen LogP contribution in [0.5, 0.6) is 0 Å². The number of carbonyl (C=O) groups excluding carboxylic acids is 2. The molecule has 1 aromatic rings. The van der Waals surface area contributed by atoms with Crippen LogP contribution < -0.4 is 5.32 Å². The molecular weight excluding hydrogens is 246 g/mol. The molecule has 0 unspecified atom stereocenters. The standard InChI is InChI=1S/C11H12F2N2O3/c1-2-18-10(17)11(12,13)9(16)15-7-8-4-3-5-14-6-8/h3-6H,2,7H2,1H3,(H,15,16). The summed E-state index contributed by atoms with van der Waals surface area (Å²) in [7, 11) is 0. The number of esters is 1. The van der Waals surface area contributed by atoms with Gasteiger partial charge in [-0.15, -0.1) is 0 Å². The minimum Gasteiger partial charge on any atom is -0.461 e. The first kappa shape index (κ1) is 14.0. The maximum Gasteiger partial charge on any atom is 0.418 e. The van der Waals surface area contributed by atoms with Crippen molar-refractivity contribution in [2.75, 3.05) is 6.61 Å². The SMILES string of the molecule is CCOC(=O)C(F)(F)C(=O)NCc1cccnc1. The summed E-state index contributed by atoms with van der Waals surface area (Å²) in [6, 6.07) is 3.21.